The number of fused-ring (bicyclic) bond motifs is 2. The number of hydrogen-bond donors (Lipinski definition) is 17. The molecule has 0 unspecified atom stereocenters. The third-order valence-corrected chi connectivity index (χ3v) is 15.3. The molecule has 87 heavy (non-hydrogen) atoms. The molecule has 0 saturated carbocycles. The maximum Gasteiger partial charge on any atom is 0.327 e. The van der Waals surface area contributed by atoms with E-state index in [0.717, 1.165) is 16.4 Å². The molecule has 2 heterocycles. The first-order valence-electron chi connectivity index (χ1n) is 28.2. The molecule has 0 bridgehead atoms. The average Bonchev–Trinajstić information content (AvgIpc) is 2.59. The Balaban J connectivity index is 1.33. The number of rotatable bonds is 33. The van der Waals surface area contributed by atoms with Gasteiger partial charge in [0, 0.05) is 77.9 Å². The molecule has 464 valence electrons. The van der Waals surface area contributed by atoms with Gasteiger partial charge < -0.3 is 79.9 Å². The van der Waals surface area contributed by atoms with Gasteiger partial charge in [-0.15, -0.1) is 0 Å². The van der Waals surface area contributed by atoms with E-state index in [-0.39, 0.29) is 68.3 Å². The molecular weight excluding hydrogens is 1160 g/mol. The second-order valence-corrected chi connectivity index (χ2v) is 21.7. The normalized spacial score (nSPS) is 14.3. The number of carbonyl (C=O) groups excluding carboxylic acids is 8. The molecule has 6 aromatic rings. The molecule has 25 nitrogen and oxygen atoms in total. The maximum absolute atomic E-state index is 15.2. The van der Waals surface area contributed by atoms with Crippen molar-refractivity contribution in [2.75, 3.05) is 24.6 Å². The molecule has 0 spiro atoms. The molecule has 0 aliphatic carbocycles. The minimum Gasteiger partial charge on any atom is -0.508 e. The van der Waals surface area contributed by atoms with E-state index in [4.69, 9.17) is 17.2 Å². The molecule has 2 aromatic heterocycles. The van der Waals surface area contributed by atoms with Gasteiger partial charge in [0.25, 0.3) is 0 Å². The number of H-pyrrole nitrogens is 2. The number of aromatic hydroxyl groups is 1. The Labute approximate surface area is 513 Å². The fraction of sp³-hybridized carbons (Fsp3) is 0.367. The van der Waals surface area contributed by atoms with Crippen molar-refractivity contribution in [3.63, 3.8) is 0 Å². The highest BCUT2D eigenvalue weighted by Gasteiger charge is 2.36. The molecule has 18 N–H and O–H groups in total. The van der Waals surface area contributed by atoms with Crippen molar-refractivity contribution in [2.24, 2.45) is 28.1 Å². The van der Waals surface area contributed by atoms with Crippen LogP contribution in [0.4, 0.5) is 0 Å². The van der Waals surface area contributed by atoms with Crippen molar-refractivity contribution in [2.45, 2.75) is 107 Å². The Kier molecular flexibility index (Phi) is 25.4. The number of carbonyl (C=O) groups is 9. The van der Waals surface area contributed by atoms with Crippen LogP contribution in [0.15, 0.2) is 121 Å². The Morgan fingerprint density at radius 1 is 0.552 bits per heavy atom. The van der Waals surface area contributed by atoms with Crippen LogP contribution in [-0.2, 0) is 68.8 Å². The van der Waals surface area contributed by atoms with E-state index in [1.165, 1.54) is 12.1 Å². The second-order valence-electron chi connectivity index (χ2n) is 21.0. The summed E-state index contributed by atoms with van der Waals surface area (Å²) in [5.74, 6) is -8.75. The van der Waals surface area contributed by atoms with E-state index in [0.29, 0.717) is 34.1 Å². The number of carboxylic acid groups (broad SMARTS) is 1. The fourth-order valence-electron chi connectivity index (χ4n) is 9.48. The Morgan fingerprint density at radius 3 is 1.49 bits per heavy atom. The molecule has 6 rings (SSSR count). The minimum absolute atomic E-state index is 0.0277. The van der Waals surface area contributed by atoms with Gasteiger partial charge in [-0.3, -0.25) is 43.3 Å². The summed E-state index contributed by atoms with van der Waals surface area (Å²) in [5.41, 5.74) is 21.1. The number of amides is 8. The van der Waals surface area contributed by atoms with Crippen molar-refractivity contribution in [3.8, 4) is 5.75 Å². The van der Waals surface area contributed by atoms with E-state index in [9.17, 15) is 39.0 Å². The number of nitrogens with two attached hydrogens (primary N) is 3. The molecule has 8 amide bonds. The van der Waals surface area contributed by atoms with Gasteiger partial charge >= 0.3 is 5.97 Å². The summed E-state index contributed by atoms with van der Waals surface area (Å²) in [7, 11) is 0. The lowest BCUT2D eigenvalue weighted by Gasteiger charge is -2.29. The Morgan fingerprint density at radius 2 is 1.01 bits per heavy atom. The number of para-hydroxylation sites is 2. The number of nitrogens with one attached hydrogen (secondary N) is 10. The number of nitrogens with zero attached hydrogens (tertiary/aromatic N) is 1. The molecule has 0 fully saturated rings. The van der Waals surface area contributed by atoms with E-state index >= 15 is 14.4 Å². The van der Waals surface area contributed by atoms with Crippen molar-refractivity contribution >= 4 is 106 Å². The van der Waals surface area contributed by atoms with Gasteiger partial charge in [-0.05, 0) is 65.3 Å². The summed E-state index contributed by atoms with van der Waals surface area (Å²) in [6, 6.07) is 18.6. The van der Waals surface area contributed by atoms with Crippen LogP contribution < -0.4 is 59.7 Å². The average molecular weight is 1230 g/mol. The van der Waals surface area contributed by atoms with Crippen molar-refractivity contribution in [1.29, 1.82) is 0 Å². The number of phenols is 1. The van der Waals surface area contributed by atoms with Gasteiger partial charge in [-0.25, -0.2) is 4.79 Å². The molecule has 0 radical (unpaired) electrons. The van der Waals surface area contributed by atoms with Gasteiger partial charge in [0.1, 0.15) is 48.0 Å². The molecule has 27 heteroatoms. The first-order valence-corrected chi connectivity index (χ1v) is 29.5. The summed E-state index contributed by atoms with van der Waals surface area (Å²) in [6.45, 7) is 2.86. The highest BCUT2D eigenvalue weighted by molar-refractivity contribution is 7.80. The smallest absolute Gasteiger partial charge is 0.327 e. The van der Waals surface area contributed by atoms with Gasteiger partial charge in [-0.1, -0.05) is 99.1 Å². The lowest BCUT2D eigenvalue weighted by Crippen LogP contribution is -2.61. The first kappa shape index (κ1) is 67.1. The topological polar surface area (TPSA) is 412 Å². The number of aromatic nitrogens is 2. The van der Waals surface area contributed by atoms with Crippen LogP contribution in [0.2, 0.25) is 0 Å². The molecule has 0 saturated heterocycles. The summed E-state index contributed by atoms with van der Waals surface area (Å²) < 4.78 is 0. The maximum atomic E-state index is 15.2. The van der Waals surface area contributed by atoms with Crippen molar-refractivity contribution in [1.82, 2.24) is 52.5 Å². The predicted molar refractivity (Wildman–Crippen MR) is 335 cm³/mol. The van der Waals surface area contributed by atoms with Crippen LogP contribution in [0, 0.1) is 5.92 Å². The zero-order chi connectivity index (χ0) is 63.2. The quantitative estimate of drug-likeness (QED) is 0.0116. The third kappa shape index (κ3) is 20.0. The van der Waals surface area contributed by atoms with Crippen LogP contribution in [0.1, 0.15) is 55.4 Å². The van der Waals surface area contributed by atoms with Crippen molar-refractivity contribution < 1.29 is 53.4 Å². The number of benzene rings is 4. The second kappa shape index (κ2) is 33.0. The summed E-state index contributed by atoms with van der Waals surface area (Å²) in [5, 5.41) is 42.3. The van der Waals surface area contributed by atoms with E-state index in [1.54, 1.807) is 74.8 Å². The molecule has 0 aliphatic heterocycles. The zero-order valence-electron chi connectivity index (χ0n) is 48.1. The number of aliphatic imine (C=N–C) groups is 1. The third-order valence-electron chi connectivity index (χ3n) is 14.5. The Bertz CT molecular complexity index is 3380. The number of phenolic OH excluding ortho intramolecular Hbond substituents is 1. The van der Waals surface area contributed by atoms with Gasteiger partial charge in [0.2, 0.25) is 47.3 Å². The fourth-order valence-corrected chi connectivity index (χ4v) is 9.90. The van der Waals surface area contributed by atoms with Crippen LogP contribution >= 0.6 is 25.3 Å². The van der Waals surface area contributed by atoms with E-state index in [1.807, 2.05) is 42.5 Å². The highest BCUT2D eigenvalue weighted by atomic mass is 32.1. The molecule has 9 atom stereocenters. The van der Waals surface area contributed by atoms with Crippen LogP contribution in [-0.4, -0.2) is 152 Å². The minimum atomic E-state index is -1.46. The lowest BCUT2D eigenvalue weighted by molar-refractivity contribution is -0.141. The van der Waals surface area contributed by atoms with E-state index in [2.05, 4.69) is 82.8 Å². The van der Waals surface area contributed by atoms with Crippen molar-refractivity contribution in [3.05, 3.63) is 138 Å². The largest absolute Gasteiger partial charge is 0.508 e. The number of hydrogen-bond acceptors (Lipinski definition) is 14. The number of aliphatic carboxylic acids is 1. The monoisotopic (exact) mass is 1230 g/mol. The van der Waals surface area contributed by atoms with E-state index < -0.39 is 114 Å². The van der Waals surface area contributed by atoms with Gasteiger partial charge in [0.05, 0.1) is 12.6 Å². The van der Waals surface area contributed by atoms with Gasteiger partial charge in [-0.2, -0.15) is 25.3 Å². The number of aromatic amines is 2. The van der Waals surface area contributed by atoms with Gasteiger partial charge in [0.15, 0.2) is 5.96 Å². The van der Waals surface area contributed by atoms with Crippen LogP contribution in [0.25, 0.3) is 21.8 Å². The first-order chi connectivity index (χ1) is 41.7. The standard InChI is InChI=1S/C60H76N14O11S2/c1-3-33(2)51(58(83)67-30-50(76)68-49(32-87)59(84)85)74-53(78)44(18-11-23-64-60(62)63)69-56(81)47(26-36-28-65-42-16-9-7-14-39(36)42)72-55(80)46(24-34-12-5-4-6-13-34)71-57(82)48(27-37-29-66-43-17-10-8-15-40(37)43)73-54(79)45(70-52(77)41(61)31-86)25-35-19-21-38(75)22-20-35/h4-10,12-17,19-22,28-29,33,41,44-49,51,65-66,75,86-87H,3,11,18,23-27,30-32,61H2,1-2H3,(H,67,83)(H,68,76)(H,69,81)(H,70,77)(H,71,82)(H,72,80)(H,73,79)(H,74,78)(H,84,85)(H4,62,63,64)/t33-,41-,44-,45-,46-,47-,48-,49-,51-/m0/s1. The molecule has 4 aromatic carbocycles. The van der Waals surface area contributed by atoms with Crippen LogP contribution in [0.5, 0.6) is 5.75 Å². The number of guanidine groups is 1. The SMILES string of the molecule is CC[C@H](C)[C@H](NC(=O)[C@H](CCCN=C(N)N)NC(=O)[C@H](Cc1c[nH]c2ccccc12)NC(=O)[C@H](Cc1ccccc1)NC(=O)[C@H](Cc1c[nH]c2ccccc12)NC(=O)[C@H](Cc1ccc(O)cc1)NC(=O)[C@@H](N)CS)C(=O)NCC(=O)N[C@@H](CS)C(=O)O. The zero-order valence-corrected chi connectivity index (χ0v) is 49.9. The molecule has 0 aliphatic rings. The predicted octanol–water partition coefficient (Wildman–Crippen LogP) is 0.506. The lowest BCUT2D eigenvalue weighted by atomic mass is 9.97. The number of thiol groups is 2. The summed E-state index contributed by atoms with van der Waals surface area (Å²) in [6.07, 6.45) is 3.31. The summed E-state index contributed by atoms with van der Waals surface area (Å²) >= 11 is 8.11. The summed E-state index contributed by atoms with van der Waals surface area (Å²) in [4.78, 5) is 136. The number of carboxylic acids is 1. The molecular formula is C60H76N14O11S2. The van der Waals surface area contributed by atoms with Crippen LogP contribution in [0.3, 0.4) is 0 Å². The highest BCUT2D eigenvalue weighted by Crippen LogP contribution is 2.22. The Hall–Kier alpha value is -9.08.